The first kappa shape index (κ1) is 20.4. The lowest BCUT2D eigenvalue weighted by molar-refractivity contribution is -0.117. The van der Waals surface area contributed by atoms with Gasteiger partial charge in [0.25, 0.3) is 0 Å². The largest absolute Gasteiger partial charge is 0.492 e. The van der Waals surface area contributed by atoms with E-state index in [1.165, 1.54) is 5.56 Å². The molecule has 150 valence electrons. The zero-order valence-electron chi connectivity index (χ0n) is 16.5. The Hall–Kier alpha value is -2.38. The number of hydrogen-bond donors (Lipinski definition) is 1. The van der Waals surface area contributed by atoms with Crippen LogP contribution < -0.4 is 14.4 Å². The number of amides is 1. The fourth-order valence-electron chi connectivity index (χ4n) is 3.23. The van der Waals surface area contributed by atoms with Gasteiger partial charge in [-0.15, -0.1) is 0 Å². The van der Waals surface area contributed by atoms with Crippen LogP contribution in [0.5, 0.6) is 5.75 Å². The van der Waals surface area contributed by atoms with Crippen LogP contribution in [0.3, 0.4) is 0 Å². The Morgan fingerprint density at radius 3 is 2.46 bits per heavy atom. The van der Waals surface area contributed by atoms with Gasteiger partial charge >= 0.3 is 0 Å². The number of ether oxygens (including phenoxy) is 1. The molecule has 3 rings (SSSR count). The monoisotopic (exact) mass is 402 g/mol. The predicted octanol–water partition coefficient (Wildman–Crippen LogP) is 3.10. The summed E-state index contributed by atoms with van der Waals surface area (Å²) in [5, 5.41) is 0. The molecule has 1 aliphatic rings. The molecule has 1 aliphatic heterocycles. The van der Waals surface area contributed by atoms with Crippen molar-refractivity contribution in [3.05, 3.63) is 53.1 Å². The molecule has 0 saturated carbocycles. The number of benzene rings is 2. The lowest BCUT2D eigenvalue weighted by atomic mass is 10.1. The molecule has 1 heterocycles. The van der Waals surface area contributed by atoms with Gasteiger partial charge in [-0.3, -0.25) is 4.79 Å². The van der Waals surface area contributed by atoms with Crippen molar-refractivity contribution < 1.29 is 17.9 Å². The summed E-state index contributed by atoms with van der Waals surface area (Å²) in [6.07, 6.45) is 1.38. The third-order valence-corrected chi connectivity index (χ3v) is 6.44. The third-order valence-electron chi connectivity index (χ3n) is 4.98. The van der Waals surface area contributed by atoms with Crippen molar-refractivity contribution in [3.8, 4) is 5.75 Å². The Bertz CT molecular complexity index is 986. The smallest absolute Gasteiger partial charge is 0.240 e. The minimum atomic E-state index is -3.64. The molecule has 7 heteroatoms. The lowest BCUT2D eigenvalue weighted by Crippen LogP contribution is -2.29. The van der Waals surface area contributed by atoms with Crippen molar-refractivity contribution in [1.29, 1.82) is 0 Å². The van der Waals surface area contributed by atoms with Crippen molar-refractivity contribution in [1.82, 2.24) is 4.72 Å². The van der Waals surface area contributed by atoms with E-state index in [0.717, 1.165) is 29.0 Å². The number of nitrogens with one attached hydrogen (secondary N) is 1. The Balaban J connectivity index is 1.60. The fraction of sp³-hybridized carbons (Fsp3) is 0.381. The maximum Gasteiger partial charge on any atom is 0.240 e. The molecule has 28 heavy (non-hydrogen) atoms. The van der Waals surface area contributed by atoms with Crippen molar-refractivity contribution >= 4 is 21.6 Å². The van der Waals surface area contributed by atoms with E-state index in [-0.39, 0.29) is 24.0 Å². The molecule has 0 atom stereocenters. The summed E-state index contributed by atoms with van der Waals surface area (Å²) >= 11 is 0. The van der Waals surface area contributed by atoms with Gasteiger partial charge in [0.05, 0.1) is 4.90 Å². The molecular formula is C21H26N2O4S. The lowest BCUT2D eigenvalue weighted by Gasteiger charge is -2.19. The average Bonchev–Trinajstić information content (AvgIpc) is 3.07. The molecule has 1 amide bonds. The van der Waals surface area contributed by atoms with Gasteiger partial charge in [-0.2, -0.15) is 0 Å². The maximum absolute atomic E-state index is 12.5. The second-order valence-corrected chi connectivity index (χ2v) is 8.86. The standard InChI is InChI=1S/C21H26N2O4S/c1-15-6-7-18(13-16(15)2)27-12-10-22-28(25,26)19-8-9-20(17(3)14-19)23-11-4-5-21(23)24/h6-9,13-14,22H,4-5,10-12H2,1-3H3. The summed E-state index contributed by atoms with van der Waals surface area (Å²) in [5.41, 5.74) is 3.86. The number of carbonyl (C=O) groups excluding carboxylic acids is 1. The maximum atomic E-state index is 12.5. The quantitative estimate of drug-likeness (QED) is 0.722. The first-order valence-corrected chi connectivity index (χ1v) is 10.9. The molecule has 2 aromatic carbocycles. The van der Waals surface area contributed by atoms with Gasteiger partial charge in [0.15, 0.2) is 0 Å². The molecule has 1 saturated heterocycles. The highest BCUT2D eigenvalue weighted by Gasteiger charge is 2.24. The van der Waals surface area contributed by atoms with Gasteiger partial charge < -0.3 is 9.64 Å². The highest BCUT2D eigenvalue weighted by molar-refractivity contribution is 7.89. The molecular weight excluding hydrogens is 376 g/mol. The topological polar surface area (TPSA) is 75.7 Å². The number of anilines is 1. The van der Waals surface area contributed by atoms with Crippen LogP contribution in [0.25, 0.3) is 0 Å². The normalized spacial score (nSPS) is 14.5. The fourth-order valence-corrected chi connectivity index (χ4v) is 4.33. The molecule has 0 bridgehead atoms. The van der Waals surface area contributed by atoms with Gasteiger partial charge in [-0.1, -0.05) is 6.07 Å². The summed E-state index contributed by atoms with van der Waals surface area (Å²) in [4.78, 5) is 13.8. The second-order valence-electron chi connectivity index (χ2n) is 7.09. The van der Waals surface area contributed by atoms with Crippen molar-refractivity contribution in [3.63, 3.8) is 0 Å². The molecule has 6 nitrogen and oxygen atoms in total. The van der Waals surface area contributed by atoms with Crippen LogP contribution in [-0.4, -0.2) is 34.0 Å². The molecule has 2 aromatic rings. The summed E-state index contributed by atoms with van der Waals surface area (Å²) in [5.74, 6) is 0.804. The van der Waals surface area contributed by atoms with Crippen LogP contribution in [0.1, 0.15) is 29.5 Å². The van der Waals surface area contributed by atoms with Crippen molar-refractivity contribution in [2.75, 3.05) is 24.6 Å². The Kier molecular flexibility index (Phi) is 6.05. The van der Waals surface area contributed by atoms with E-state index in [0.29, 0.717) is 13.0 Å². The first-order chi connectivity index (χ1) is 13.3. The van der Waals surface area contributed by atoms with Crippen LogP contribution in [-0.2, 0) is 14.8 Å². The van der Waals surface area contributed by atoms with Crippen LogP contribution in [0.15, 0.2) is 41.3 Å². The zero-order chi connectivity index (χ0) is 20.3. The number of rotatable bonds is 7. The summed E-state index contributed by atoms with van der Waals surface area (Å²) in [6, 6.07) is 10.6. The van der Waals surface area contributed by atoms with Crippen LogP contribution >= 0.6 is 0 Å². The third kappa shape index (κ3) is 4.54. The van der Waals surface area contributed by atoms with E-state index in [2.05, 4.69) is 4.72 Å². The van der Waals surface area contributed by atoms with Crippen LogP contribution in [0.4, 0.5) is 5.69 Å². The second kappa shape index (κ2) is 8.32. The van der Waals surface area contributed by atoms with Crippen molar-refractivity contribution in [2.24, 2.45) is 0 Å². The van der Waals surface area contributed by atoms with E-state index in [9.17, 15) is 13.2 Å². The van der Waals surface area contributed by atoms with E-state index >= 15 is 0 Å². The van der Waals surface area contributed by atoms with E-state index in [1.54, 1.807) is 23.1 Å². The Morgan fingerprint density at radius 2 is 1.82 bits per heavy atom. The summed E-state index contributed by atoms with van der Waals surface area (Å²) < 4.78 is 33.3. The van der Waals surface area contributed by atoms with Gasteiger partial charge in [0.2, 0.25) is 15.9 Å². The molecule has 0 aliphatic carbocycles. The molecule has 0 spiro atoms. The average molecular weight is 403 g/mol. The Morgan fingerprint density at radius 1 is 1.04 bits per heavy atom. The SMILES string of the molecule is Cc1ccc(OCCNS(=O)(=O)c2ccc(N3CCCC3=O)c(C)c2)cc1C. The van der Waals surface area contributed by atoms with E-state index in [4.69, 9.17) is 4.74 Å². The minimum Gasteiger partial charge on any atom is -0.492 e. The predicted molar refractivity (Wildman–Crippen MR) is 109 cm³/mol. The molecule has 1 N–H and O–H groups in total. The van der Waals surface area contributed by atoms with E-state index < -0.39 is 10.0 Å². The number of nitrogens with zero attached hydrogens (tertiary/aromatic N) is 1. The van der Waals surface area contributed by atoms with Gasteiger partial charge in [-0.25, -0.2) is 13.1 Å². The highest BCUT2D eigenvalue weighted by atomic mass is 32.2. The first-order valence-electron chi connectivity index (χ1n) is 9.39. The summed E-state index contributed by atoms with van der Waals surface area (Å²) in [7, 11) is -3.64. The van der Waals surface area contributed by atoms with E-state index in [1.807, 2.05) is 39.0 Å². The number of carbonyl (C=O) groups is 1. The van der Waals surface area contributed by atoms with Crippen molar-refractivity contribution in [2.45, 2.75) is 38.5 Å². The Labute approximate surface area is 166 Å². The number of aryl methyl sites for hydroxylation is 3. The van der Waals surface area contributed by atoms with Gasteiger partial charge in [-0.05, 0) is 74.2 Å². The molecule has 1 fully saturated rings. The molecule has 0 aromatic heterocycles. The van der Waals surface area contributed by atoms with Crippen LogP contribution in [0.2, 0.25) is 0 Å². The number of hydrogen-bond acceptors (Lipinski definition) is 4. The highest BCUT2D eigenvalue weighted by Crippen LogP contribution is 2.27. The minimum absolute atomic E-state index is 0.0836. The molecule has 0 unspecified atom stereocenters. The van der Waals surface area contributed by atoms with Gasteiger partial charge in [0.1, 0.15) is 12.4 Å². The summed E-state index contributed by atoms with van der Waals surface area (Å²) in [6.45, 7) is 6.94. The zero-order valence-corrected chi connectivity index (χ0v) is 17.3. The van der Waals surface area contributed by atoms with Crippen LogP contribution in [0, 0.1) is 20.8 Å². The van der Waals surface area contributed by atoms with Gasteiger partial charge in [0, 0.05) is 25.2 Å². The number of sulfonamides is 1. The molecule has 0 radical (unpaired) electrons.